The van der Waals surface area contributed by atoms with Crippen molar-refractivity contribution in [3.05, 3.63) is 70.9 Å². The van der Waals surface area contributed by atoms with Gasteiger partial charge in [-0.3, -0.25) is 4.79 Å². The summed E-state index contributed by atoms with van der Waals surface area (Å²) in [6, 6.07) is 7.02. The average molecular weight is 576 g/mol. The maximum Gasteiger partial charge on any atom is 0.461 e. The Morgan fingerprint density at radius 3 is 2.23 bits per heavy atom. The van der Waals surface area contributed by atoms with Crippen molar-refractivity contribution in [3.8, 4) is 22.7 Å². The Kier molecular flexibility index (Phi) is 7.10. The zero-order valence-electron chi connectivity index (χ0n) is 19.5. The number of hydrogen-bond donors (Lipinski definition) is 0. The highest BCUT2D eigenvalue weighted by Gasteiger charge is 2.44. The maximum absolute atomic E-state index is 13.2. The molecule has 0 unspecified atom stereocenters. The fraction of sp³-hybridized carbons (Fsp3) is 0.217. The highest BCUT2D eigenvalue weighted by atomic mass is 32.2. The van der Waals surface area contributed by atoms with Crippen molar-refractivity contribution in [1.82, 2.24) is 19.7 Å². The van der Waals surface area contributed by atoms with Crippen molar-refractivity contribution in [1.29, 1.82) is 0 Å². The van der Waals surface area contributed by atoms with Crippen LogP contribution in [0.2, 0.25) is 0 Å². The monoisotopic (exact) mass is 576 g/mol. The number of benzene rings is 1. The number of ether oxygens (including phenoxy) is 1. The van der Waals surface area contributed by atoms with Gasteiger partial charge in [0.2, 0.25) is 0 Å². The topological polar surface area (TPSA) is 104 Å². The Bertz CT molecular complexity index is 1710. The van der Waals surface area contributed by atoms with E-state index in [9.17, 15) is 43.9 Å². The summed E-state index contributed by atoms with van der Waals surface area (Å²) in [6.07, 6.45) is -11.5. The van der Waals surface area contributed by atoms with Crippen LogP contribution in [0.3, 0.4) is 0 Å². The molecule has 39 heavy (non-hydrogen) atoms. The van der Waals surface area contributed by atoms with Gasteiger partial charge in [0.1, 0.15) is 21.9 Å². The van der Waals surface area contributed by atoms with Crippen LogP contribution in [-0.2, 0) is 16.0 Å². The van der Waals surface area contributed by atoms with E-state index in [1.54, 1.807) is 0 Å². The second-order valence-corrected chi connectivity index (χ2v) is 10.2. The zero-order valence-corrected chi connectivity index (χ0v) is 20.3. The van der Waals surface area contributed by atoms with Gasteiger partial charge in [0.15, 0.2) is 15.7 Å². The molecule has 8 nitrogen and oxygen atoms in total. The number of fused-ring (bicyclic) bond motifs is 1. The summed E-state index contributed by atoms with van der Waals surface area (Å²) in [6.45, 7) is 1.30. The Morgan fingerprint density at radius 1 is 0.974 bits per heavy atom. The minimum Gasteiger partial charge on any atom is -0.428 e. The van der Waals surface area contributed by atoms with Crippen LogP contribution in [0.25, 0.3) is 27.8 Å². The number of nitrogens with zero attached hydrogens (tertiary/aromatic N) is 4. The molecule has 0 saturated heterocycles. The van der Waals surface area contributed by atoms with E-state index in [0.717, 1.165) is 36.7 Å². The largest absolute Gasteiger partial charge is 0.461 e. The predicted molar refractivity (Wildman–Crippen MR) is 123 cm³/mol. The van der Waals surface area contributed by atoms with Gasteiger partial charge in [-0.15, -0.1) is 0 Å². The lowest BCUT2D eigenvalue weighted by atomic mass is 10.1. The SMILES string of the molecule is CCS(=O)(=O)c1cc(-c2ccc(OC(F)(F)C(F)F)cc2)cnc1-n1ncc2ccc(C(F)(F)F)nc2c1=O. The average Bonchev–Trinajstić information content (AvgIpc) is 2.88. The van der Waals surface area contributed by atoms with Crippen LogP contribution in [0.4, 0.5) is 30.7 Å². The molecule has 3 aromatic heterocycles. The highest BCUT2D eigenvalue weighted by molar-refractivity contribution is 7.91. The van der Waals surface area contributed by atoms with E-state index in [0.29, 0.717) is 10.7 Å². The fourth-order valence-corrected chi connectivity index (χ4v) is 4.42. The van der Waals surface area contributed by atoms with E-state index in [2.05, 4.69) is 19.8 Å². The van der Waals surface area contributed by atoms with Gasteiger partial charge < -0.3 is 4.74 Å². The van der Waals surface area contributed by atoms with Crippen molar-refractivity contribution >= 4 is 20.7 Å². The van der Waals surface area contributed by atoms with Crippen LogP contribution in [0, 0.1) is 0 Å². The standard InChI is InChI=1S/C23H15F7N4O4S/c1-2-39(36,37)16-9-14(12-3-6-15(7-4-12)38-23(29,30)21(24)25)10-31-19(16)34-20(35)18-13(11-32-34)5-8-17(33-18)22(26,27)28/h3-11,21H,2H2,1H3. The van der Waals surface area contributed by atoms with Crippen LogP contribution in [0.15, 0.2) is 64.5 Å². The molecular weight excluding hydrogens is 561 g/mol. The molecule has 0 aliphatic heterocycles. The number of alkyl halides is 7. The molecule has 0 spiro atoms. The second-order valence-electron chi connectivity index (χ2n) is 7.93. The first-order valence-electron chi connectivity index (χ1n) is 10.8. The number of halogens is 7. The molecule has 4 aromatic rings. The van der Waals surface area contributed by atoms with Crippen LogP contribution >= 0.6 is 0 Å². The highest BCUT2D eigenvalue weighted by Crippen LogP contribution is 2.31. The van der Waals surface area contributed by atoms with E-state index >= 15 is 0 Å². The van der Waals surface area contributed by atoms with Gasteiger partial charge >= 0.3 is 18.7 Å². The molecular formula is C23H15F7N4O4S. The van der Waals surface area contributed by atoms with Crippen molar-refractivity contribution in [2.24, 2.45) is 0 Å². The molecule has 206 valence electrons. The summed E-state index contributed by atoms with van der Waals surface area (Å²) in [7, 11) is -4.12. The summed E-state index contributed by atoms with van der Waals surface area (Å²) < 4.78 is 121. The summed E-state index contributed by atoms with van der Waals surface area (Å²) in [4.78, 5) is 19.9. The molecule has 0 amide bonds. The van der Waals surface area contributed by atoms with Crippen molar-refractivity contribution in [2.75, 3.05) is 5.75 Å². The molecule has 1 aromatic carbocycles. The van der Waals surface area contributed by atoms with Crippen molar-refractivity contribution < 1.29 is 43.9 Å². The molecule has 0 fully saturated rings. The van der Waals surface area contributed by atoms with Gasteiger partial charge in [-0.05, 0) is 35.9 Å². The summed E-state index contributed by atoms with van der Waals surface area (Å²) >= 11 is 0. The van der Waals surface area contributed by atoms with Gasteiger partial charge in [-0.2, -0.15) is 40.5 Å². The maximum atomic E-state index is 13.2. The molecule has 0 N–H and O–H groups in total. The third-order valence-electron chi connectivity index (χ3n) is 5.37. The second kappa shape index (κ2) is 9.91. The van der Waals surface area contributed by atoms with Crippen LogP contribution in [0.1, 0.15) is 12.6 Å². The first-order valence-corrected chi connectivity index (χ1v) is 12.4. The number of sulfone groups is 1. The van der Waals surface area contributed by atoms with E-state index in [-0.39, 0.29) is 16.5 Å². The molecule has 16 heteroatoms. The molecule has 0 radical (unpaired) electrons. The smallest absolute Gasteiger partial charge is 0.428 e. The van der Waals surface area contributed by atoms with Crippen molar-refractivity contribution in [3.63, 3.8) is 0 Å². The number of aromatic nitrogens is 4. The predicted octanol–water partition coefficient (Wildman–Crippen LogP) is 4.89. The molecule has 0 atom stereocenters. The van der Waals surface area contributed by atoms with Gasteiger partial charge in [0, 0.05) is 17.1 Å². The van der Waals surface area contributed by atoms with Gasteiger partial charge in [0.05, 0.1) is 11.9 Å². The molecule has 0 bridgehead atoms. The number of rotatable bonds is 7. The molecule has 0 aliphatic rings. The van der Waals surface area contributed by atoms with E-state index in [1.807, 2.05) is 0 Å². The molecule has 0 aliphatic carbocycles. The Hall–Kier alpha value is -4.08. The van der Waals surface area contributed by atoms with Gasteiger partial charge in [-0.1, -0.05) is 19.1 Å². The zero-order chi connectivity index (χ0) is 28.8. The minimum atomic E-state index is -4.85. The van der Waals surface area contributed by atoms with Crippen LogP contribution in [-0.4, -0.2) is 46.5 Å². The lowest BCUT2D eigenvalue weighted by Gasteiger charge is -2.17. The first-order chi connectivity index (χ1) is 18.1. The number of hydrogen-bond acceptors (Lipinski definition) is 7. The Morgan fingerprint density at radius 2 is 1.64 bits per heavy atom. The van der Waals surface area contributed by atoms with E-state index in [4.69, 9.17) is 0 Å². The number of pyridine rings is 2. The quantitative estimate of drug-likeness (QED) is 0.289. The summed E-state index contributed by atoms with van der Waals surface area (Å²) in [5.74, 6) is -1.56. The molecule has 4 rings (SSSR count). The van der Waals surface area contributed by atoms with Crippen LogP contribution < -0.4 is 10.3 Å². The summed E-state index contributed by atoms with van der Waals surface area (Å²) in [5.41, 5.74) is -2.79. The minimum absolute atomic E-state index is 0.0273. The molecule has 3 heterocycles. The van der Waals surface area contributed by atoms with E-state index in [1.165, 1.54) is 19.1 Å². The molecule has 0 saturated carbocycles. The Balaban J connectivity index is 1.82. The van der Waals surface area contributed by atoms with Gasteiger partial charge in [0.25, 0.3) is 5.56 Å². The third kappa shape index (κ3) is 5.55. The normalized spacial score (nSPS) is 12.7. The Labute approximate surface area is 214 Å². The van der Waals surface area contributed by atoms with Crippen molar-refractivity contribution in [2.45, 2.75) is 30.5 Å². The fourth-order valence-electron chi connectivity index (χ4n) is 3.38. The lowest BCUT2D eigenvalue weighted by molar-refractivity contribution is -0.253. The van der Waals surface area contributed by atoms with Crippen LogP contribution in [0.5, 0.6) is 5.75 Å². The first kappa shape index (κ1) is 27.9. The lowest BCUT2D eigenvalue weighted by Crippen LogP contribution is -2.33. The third-order valence-corrected chi connectivity index (χ3v) is 7.10. The van der Waals surface area contributed by atoms with E-state index < -0.39 is 67.5 Å². The van der Waals surface area contributed by atoms with Gasteiger partial charge in [-0.25, -0.2) is 18.4 Å². The summed E-state index contributed by atoms with van der Waals surface area (Å²) in [5, 5.41) is 3.82.